The molecule has 0 atom stereocenters. The van der Waals surface area contributed by atoms with Crippen LogP contribution in [0.15, 0.2) is 54.9 Å². The molecule has 0 aliphatic carbocycles. The van der Waals surface area contributed by atoms with Gasteiger partial charge >= 0.3 is 6.03 Å². The molecule has 1 saturated heterocycles. The van der Waals surface area contributed by atoms with Crippen molar-refractivity contribution in [1.82, 2.24) is 14.9 Å². The molecule has 1 aliphatic rings. The van der Waals surface area contributed by atoms with Crippen LogP contribution in [0.5, 0.6) is 0 Å². The lowest BCUT2D eigenvalue weighted by atomic mass is 10.1. The summed E-state index contributed by atoms with van der Waals surface area (Å²) in [5.74, 6) is 0.899. The molecular weight excluding hydrogens is 374 g/mol. The number of urea groups is 1. The van der Waals surface area contributed by atoms with Crippen LogP contribution >= 0.6 is 0 Å². The van der Waals surface area contributed by atoms with Gasteiger partial charge in [0.2, 0.25) is 0 Å². The summed E-state index contributed by atoms with van der Waals surface area (Å²) in [7, 11) is 0. The van der Waals surface area contributed by atoms with Crippen molar-refractivity contribution in [3.8, 4) is 11.3 Å². The van der Waals surface area contributed by atoms with Gasteiger partial charge in [0.05, 0.1) is 5.69 Å². The minimum absolute atomic E-state index is 0.0512. The molecule has 6 heteroatoms. The summed E-state index contributed by atoms with van der Waals surface area (Å²) in [4.78, 5) is 25.7. The lowest BCUT2D eigenvalue weighted by molar-refractivity contribution is 0.208. The van der Waals surface area contributed by atoms with Crippen molar-refractivity contribution in [1.29, 1.82) is 0 Å². The van der Waals surface area contributed by atoms with Crippen molar-refractivity contribution >= 4 is 17.5 Å². The molecule has 3 aromatic rings. The van der Waals surface area contributed by atoms with Crippen LogP contribution in [0.4, 0.5) is 16.3 Å². The number of hydrogen-bond donors (Lipinski definition) is 1. The largest absolute Gasteiger partial charge is 0.353 e. The summed E-state index contributed by atoms with van der Waals surface area (Å²) in [6.45, 7) is 8.93. The molecule has 154 valence electrons. The Bertz CT molecular complexity index is 1060. The molecule has 6 nitrogen and oxygen atoms in total. The number of nitrogens with zero attached hydrogens (tertiary/aromatic N) is 4. The molecule has 1 aromatic heterocycles. The Hall–Kier alpha value is -3.41. The predicted molar refractivity (Wildman–Crippen MR) is 121 cm³/mol. The van der Waals surface area contributed by atoms with Crippen LogP contribution in [0.1, 0.15) is 16.7 Å². The molecule has 1 aliphatic heterocycles. The van der Waals surface area contributed by atoms with Crippen molar-refractivity contribution in [2.24, 2.45) is 0 Å². The standard InChI is InChI=1S/C24H27N5O/c1-17-5-4-6-20(14-17)22-15-23(26-16-25-22)28-9-11-29(12-10-28)24(30)27-21-8-7-18(2)13-19(21)3/h4-8,13-16H,9-12H2,1-3H3,(H,27,30). The average molecular weight is 402 g/mol. The van der Waals surface area contributed by atoms with Crippen molar-refractivity contribution < 1.29 is 4.79 Å². The number of amides is 2. The summed E-state index contributed by atoms with van der Waals surface area (Å²) in [6.07, 6.45) is 1.62. The number of anilines is 2. The molecule has 1 fully saturated rings. The summed E-state index contributed by atoms with van der Waals surface area (Å²) in [5, 5.41) is 3.04. The minimum Gasteiger partial charge on any atom is -0.353 e. The number of piperazine rings is 1. The SMILES string of the molecule is Cc1cccc(-c2cc(N3CCN(C(=O)Nc4ccc(C)cc4C)CC3)ncn2)c1. The van der Waals surface area contributed by atoms with Gasteiger partial charge in [0.15, 0.2) is 0 Å². The fraction of sp³-hybridized carbons (Fsp3) is 0.292. The van der Waals surface area contributed by atoms with Crippen molar-refractivity contribution in [3.05, 3.63) is 71.5 Å². The van der Waals surface area contributed by atoms with Gasteiger partial charge in [-0.05, 0) is 38.5 Å². The highest BCUT2D eigenvalue weighted by molar-refractivity contribution is 5.90. The second-order valence-corrected chi connectivity index (χ2v) is 7.85. The van der Waals surface area contributed by atoms with E-state index in [1.807, 2.05) is 36.1 Å². The second kappa shape index (κ2) is 8.53. The van der Waals surface area contributed by atoms with Crippen LogP contribution in [0.3, 0.4) is 0 Å². The molecule has 0 unspecified atom stereocenters. The Labute approximate surface area is 177 Å². The Morgan fingerprint density at radius 2 is 1.67 bits per heavy atom. The van der Waals surface area contributed by atoms with Crippen LogP contribution in [-0.4, -0.2) is 47.1 Å². The van der Waals surface area contributed by atoms with Gasteiger partial charge in [-0.15, -0.1) is 0 Å². The normalized spacial score (nSPS) is 14.0. The summed E-state index contributed by atoms with van der Waals surface area (Å²) >= 11 is 0. The first-order valence-corrected chi connectivity index (χ1v) is 10.3. The maximum atomic E-state index is 12.7. The number of benzene rings is 2. The Balaban J connectivity index is 1.40. The van der Waals surface area contributed by atoms with Crippen LogP contribution in [0, 0.1) is 20.8 Å². The molecule has 0 spiro atoms. The monoisotopic (exact) mass is 401 g/mol. The Morgan fingerprint density at radius 3 is 2.40 bits per heavy atom. The molecule has 4 rings (SSSR count). The number of nitrogens with one attached hydrogen (secondary N) is 1. The first kappa shape index (κ1) is 19.9. The third kappa shape index (κ3) is 4.43. The van der Waals surface area contributed by atoms with E-state index in [-0.39, 0.29) is 6.03 Å². The molecular formula is C24H27N5O. The number of carbonyl (C=O) groups is 1. The van der Waals surface area contributed by atoms with E-state index in [1.165, 1.54) is 11.1 Å². The van der Waals surface area contributed by atoms with Gasteiger partial charge in [0.1, 0.15) is 12.1 Å². The second-order valence-electron chi connectivity index (χ2n) is 7.85. The predicted octanol–water partition coefficient (Wildman–Crippen LogP) is 4.42. The molecule has 0 radical (unpaired) electrons. The van der Waals surface area contributed by atoms with Crippen molar-refractivity contribution in [2.45, 2.75) is 20.8 Å². The van der Waals surface area contributed by atoms with Gasteiger partial charge in [-0.25, -0.2) is 14.8 Å². The highest BCUT2D eigenvalue weighted by atomic mass is 16.2. The third-order valence-electron chi connectivity index (χ3n) is 5.48. The van der Waals surface area contributed by atoms with E-state index in [0.717, 1.165) is 41.4 Å². The van der Waals surface area contributed by atoms with Crippen LogP contribution in [-0.2, 0) is 0 Å². The zero-order valence-electron chi connectivity index (χ0n) is 17.7. The number of aryl methyl sites for hydroxylation is 3. The first-order valence-electron chi connectivity index (χ1n) is 10.3. The first-order chi connectivity index (χ1) is 14.5. The van der Waals surface area contributed by atoms with Crippen LogP contribution in [0.25, 0.3) is 11.3 Å². The number of aromatic nitrogens is 2. The lowest BCUT2D eigenvalue weighted by Gasteiger charge is -2.35. The van der Waals surface area contributed by atoms with Gasteiger partial charge in [-0.3, -0.25) is 0 Å². The van der Waals surface area contributed by atoms with Crippen molar-refractivity contribution in [2.75, 3.05) is 36.4 Å². The number of hydrogen-bond acceptors (Lipinski definition) is 4. The summed E-state index contributed by atoms with van der Waals surface area (Å²) in [5.41, 5.74) is 6.34. The van der Waals surface area contributed by atoms with Gasteiger partial charge in [-0.1, -0.05) is 41.5 Å². The maximum Gasteiger partial charge on any atom is 0.321 e. The van der Waals surface area contributed by atoms with E-state index < -0.39 is 0 Å². The summed E-state index contributed by atoms with van der Waals surface area (Å²) < 4.78 is 0. The Morgan fingerprint density at radius 1 is 0.900 bits per heavy atom. The molecule has 0 saturated carbocycles. The molecule has 30 heavy (non-hydrogen) atoms. The molecule has 2 amide bonds. The summed E-state index contributed by atoms with van der Waals surface area (Å²) in [6, 6.07) is 16.3. The van der Waals surface area contributed by atoms with E-state index in [0.29, 0.717) is 13.1 Å². The van der Waals surface area contributed by atoms with E-state index >= 15 is 0 Å². The zero-order valence-corrected chi connectivity index (χ0v) is 17.7. The van der Waals surface area contributed by atoms with E-state index in [2.05, 4.69) is 58.3 Å². The topological polar surface area (TPSA) is 61.4 Å². The van der Waals surface area contributed by atoms with Gasteiger partial charge in [-0.2, -0.15) is 0 Å². The molecule has 2 aromatic carbocycles. The van der Waals surface area contributed by atoms with Gasteiger partial charge in [0, 0.05) is 43.5 Å². The fourth-order valence-electron chi connectivity index (χ4n) is 3.77. The van der Waals surface area contributed by atoms with Crippen LogP contribution in [0.2, 0.25) is 0 Å². The number of carbonyl (C=O) groups excluding carboxylic acids is 1. The van der Waals surface area contributed by atoms with Crippen molar-refractivity contribution in [3.63, 3.8) is 0 Å². The van der Waals surface area contributed by atoms with Gasteiger partial charge in [0.25, 0.3) is 0 Å². The highest BCUT2D eigenvalue weighted by Gasteiger charge is 2.22. The van der Waals surface area contributed by atoms with E-state index in [9.17, 15) is 4.79 Å². The van der Waals surface area contributed by atoms with E-state index in [1.54, 1.807) is 6.33 Å². The fourth-order valence-corrected chi connectivity index (χ4v) is 3.77. The van der Waals surface area contributed by atoms with Crippen LogP contribution < -0.4 is 10.2 Å². The Kier molecular flexibility index (Phi) is 5.65. The number of rotatable bonds is 3. The highest BCUT2D eigenvalue weighted by Crippen LogP contribution is 2.23. The third-order valence-corrected chi connectivity index (χ3v) is 5.48. The average Bonchev–Trinajstić information content (AvgIpc) is 2.76. The smallest absolute Gasteiger partial charge is 0.321 e. The minimum atomic E-state index is -0.0512. The molecule has 1 N–H and O–H groups in total. The van der Waals surface area contributed by atoms with Gasteiger partial charge < -0.3 is 15.1 Å². The quantitative estimate of drug-likeness (QED) is 0.706. The molecule has 2 heterocycles. The zero-order chi connectivity index (χ0) is 21.1. The maximum absolute atomic E-state index is 12.7. The molecule has 0 bridgehead atoms. The van der Waals surface area contributed by atoms with E-state index in [4.69, 9.17) is 0 Å². The lowest BCUT2D eigenvalue weighted by Crippen LogP contribution is -2.50.